The fraction of sp³-hybridized carbons (Fsp3) is 0.500. The monoisotopic (exact) mass is 280 g/mol. The van der Waals surface area contributed by atoms with Crippen LogP contribution in [0, 0.1) is 0 Å². The van der Waals surface area contributed by atoms with Gasteiger partial charge in [-0.25, -0.2) is 0 Å². The van der Waals surface area contributed by atoms with E-state index in [1.165, 1.54) is 9.77 Å². The van der Waals surface area contributed by atoms with Gasteiger partial charge in [0.05, 0.1) is 18.1 Å². The first kappa shape index (κ1) is 9.98. The molecule has 0 spiro atoms. The molecule has 0 N–H and O–H groups in total. The van der Waals surface area contributed by atoms with E-state index in [-0.39, 0.29) is 6.29 Å². The van der Waals surface area contributed by atoms with Gasteiger partial charge in [0.15, 0.2) is 6.29 Å². The molecule has 1 aromatic heterocycles. The summed E-state index contributed by atoms with van der Waals surface area (Å²) < 4.78 is 12.0. The molecule has 0 bridgehead atoms. The van der Waals surface area contributed by atoms with E-state index in [2.05, 4.69) is 27.6 Å². The second-order valence-electron chi connectivity index (χ2n) is 2.55. The van der Waals surface area contributed by atoms with Gasteiger partial charge < -0.3 is 9.47 Å². The number of thioether (sulfide) groups is 1. The van der Waals surface area contributed by atoms with Crippen LogP contribution in [0.1, 0.15) is 11.2 Å². The third-order valence-electron chi connectivity index (χ3n) is 1.77. The molecule has 1 aromatic rings. The van der Waals surface area contributed by atoms with E-state index in [1.54, 1.807) is 23.1 Å². The zero-order valence-corrected chi connectivity index (χ0v) is 10.3. The van der Waals surface area contributed by atoms with E-state index in [9.17, 15) is 0 Å². The molecule has 2 rings (SSSR count). The molecule has 2 heterocycles. The van der Waals surface area contributed by atoms with Crippen LogP contribution in [-0.2, 0) is 9.47 Å². The van der Waals surface area contributed by atoms with Gasteiger partial charge in [0.1, 0.15) is 0 Å². The number of hydrogen-bond donors (Lipinski definition) is 0. The lowest BCUT2D eigenvalue weighted by Gasteiger charge is -2.08. The Labute approximate surface area is 93.7 Å². The van der Waals surface area contributed by atoms with E-state index in [1.807, 2.05) is 0 Å². The molecule has 1 aliphatic heterocycles. The van der Waals surface area contributed by atoms with Crippen LogP contribution in [0.15, 0.2) is 14.7 Å². The van der Waals surface area contributed by atoms with Crippen molar-refractivity contribution in [1.29, 1.82) is 0 Å². The molecular formula is C8H9BrO2S2. The van der Waals surface area contributed by atoms with E-state index in [0.717, 1.165) is 4.47 Å². The van der Waals surface area contributed by atoms with Crippen molar-refractivity contribution in [3.63, 3.8) is 0 Å². The molecular weight excluding hydrogens is 272 g/mol. The molecule has 1 aliphatic rings. The molecule has 0 amide bonds. The summed E-state index contributed by atoms with van der Waals surface area (Å²) in [7, 11) is 0. The molecule has 0 unspecified atom stereocenters. The Hall–Kier alpha value is 0.450. The van der Waals surface area contributed by atoms with Crippen LogP contribution < -0.4 is 0 Å². The topological polar surface area (TPSA) is 18.5 Å². The smallest absolute Gasteiger partial charge is 0.194 e. The molecule has 13 heavy (non-hydrogen) atoms. The second-order valence-corrected chi connectivity index (χ2v) is 5.14. The SMILES string of the molecule is CSc1c(Br)csc1C1OCCO1. The van der Waals surface area contributed by atoms with Gasteiger partial charge in [-0.2, -0.15) is 0 Å². The number of rotatable bonds is 2. The zero-order chi connectivity index (χ0) is 9.26. The van der Waals surface area contributed by atoms with Crippen LogP contribution in [-0.4, -0.2) is 19.5 Å². The van der Waals surface area contributed by atoms with Crippen molar-refractivity contribution in [2.75, 3.05) is 19.5 Å². The minimum absolute atomic E-state index is 0.140. The lowest BCUT2D eigenvalue weighted by molar-refractivity contribution is -0.0431. The highest BCUT2D eigenvalue weighted by molar-refractivity contribution is 9.10. The van der Waals surface area contributed by atoms with Gasteiger partial charge in [-0.15, -0.1) is 23.1 Å². The van der Waals surface area contributed by atoms with Gasteiger partial charge in [0.2, 0.25) is 0 Å². The zero-order valence-electron chi connectivity index (χ0n) is 7.08. The van der Waals surface area contributed by atoms with Crippen LogP contribution >= 0.6 is 39.0 Å². The second kappa shape index (κ2) is 4.31. The van der Waals surface area contributed by atoms with Crippen molar-refractivity contribution in [1.82, 2.24) is 0 Å². The first-order chi connectivity index (χ1) is 6.33. The van der Waals surface area contributed by atoms with Crippen molar-refractivity contribution >= 4 is 39.0 Å². The van der Waals surface area contributed by atoms with Gasteiger partial charge in [-0.05, 0) is 22.2 Å². The third-order valence-corrected chi connectivity index (χ3v) is 4.94. The van der Waals surface area contributed by atoms with E-state index < -0.39 is 0 Å². The molecule has 0 saturated carbocycles. The number of thiophene rings is 1. The normalized spacial score (nSPS) is 18.3. The molecule has 0 aromatic carbocycles. The average molecular weight is 281 g/mol. The first-order valence-corrected chi connectivity index (χ1v) is 6.76. The summed E-state index contributed by atoms with van der Waals surface area (Å²) in [5.74, 6) is 0. The van der Waals surface area contributed by atoms with Crippen molar-refractivity contribution < 1.29 is 9.47 Å². The van der Waals surface area contributed by atoms with Crippen molar-refractivity contribution in [3.8, 4) is 0 Å². The van der Waals surface area contributed by atoms with Crippen LogP contribution in [0.3, 0.4) is 0 Å². The first-order valence-electron chi connectivity index (χ1n) is 3.87. The van der Waals surface area contributed by atoms with E-state index in [0.29, 0.717) is 13.2 Å². The van der Waals surface area contributed by atoms with Crippen molar-refractivity contribution in [3.05, 3.63) is 14.7 Å². The van der Waals surface area contributed by atoms with Crippen molar-refractivity contribution in [2.24, 2.45) is 0 Å². The number of hydrogen-bond acceptors (Lipinski definition) is 4. The molecule has 72 valence electrons. The molecule has 1 fully saturated rings. The predicted octanol–water partition coefficient (Wildman–Crippen LogP) is 3.28. The van der Waals surface area contributed by atoms with Crippen LogP contribution in [0.25, 0.3) is 0 Å². The van der Waals surface area contributed by atoms with Gasteiger partial charge in [0.25, 0.3) is 0 Å². The van der Waals surface area contributed by atoms with E-state index >= 15 is 0 Å². The maximum atomic E-state index is 5.45. The number of halogens is 1. The van der Waals surface area contributed by atoms with Crippen LogP contribution in [0.5, 0.6) is 0 Å². The Balaban J connectivity index is 2.27. The fourth-order valence-corrected chi connectivity index (χ4v) is 4.15. The highest BCUT2D eigenvalue weighted by Crippen LogP contribution is 2.40. The molecule has 1 saturated heterocycles. The summed E-state index contributed by atoms with van der Waals surface area (Å²) in [5, 5.41) is 2.08. The highest BCUT2D eigenvalue weighted by Gasteiger charge is 2.24. The van der Waals surface area contributed by atoms with Gasteiger partial charge in [-0.1, -0.05) is 0 Å². The quantitative estimate of drug-likeness (QED) is 0.775. The summed E-state index contributed by atoms with van der Waals surface area (Å²) in [5.41, 5.74) is 0. The average Bonchev–Trinajstić information content (AvgIpc) is 2.71. The predicted molar refractivity (Wildman–Crippen MR) is 58.4 cm³/mol. The molecule has 0 atom stereocenters. The van der Waals surface area contributed by atoms with Gasteiger partial charge in [0, 0.05) is 14.7 Å². The molecule has 5 heteroatoms. The largest absolute Gasteiger partial charge is 0.345 e. The summed E-state index contributed by atoms with van der Waals surface area (Å²) in [6.45, 7) is 1.40. The Morgan fingerprint density at radius 1 is 1.54 bits per heavy atom. The fourth-order valence-electron chi connectivity index (χ4n) is 1.21. The van der Waals surface area contributed by atoms with Crippen LogP contribution in [0.4, 0.5) is 0 Å². The summed E-state index contributed by atoms with van der Waals surface area (Å²) in [6.07, 6.45) is 1.92. The molecule has 0 aliphatic carbocycles. The summed E-state index contributed by atoms with van der Waals surface area (Å²) in [4.78, 5) is 2.41. The Morgan fingerprint density at radius 3 is 2.85 bits per heavy atom. The maximum Gasteiger partial charge on any atom is 0.194 e. The lowest BCUT2D eigenvalue weighted by Crippen LogP contribution is -1.95. The van der Waals surface area contributed by atoms with Crippen LogP contribution in [0.2, 0.25) is 0 Å². The van der Waals surface area contributed by atoms with Crippen molar-refractivity contribution in [2.45, 2.75) is 11.2 Å². The lowest BCUT2D eigenvalue weighted by atomic mass is 10.4. The summed E-state index contributed by atoms with van der Waals surface area (Å²) in [6, 6.07) is 0. The third kappa shape index (κ3) is 1.94. The Morgan fingerprint density at radius 2 is 2.23 bits per heavy atom. The minimum Gasteiger partial charge on any atom is -0.345 e. The van der Waals surface area contributed by atoms with Gasteiger partial charge in [-0.3, -0.25) is 0 Å². The minimum atomic E-state index is -0.140. The molecule has 0 radical (unpaired) electrons. The van der Waals surface area contributed by atoms with E-state index in [4.69, 9.17) is 9.47 Å². The maximum absolute atomic E-state index is 5.45. The highest BCUT2D eigenvalue weighted by atomic mass is 79.9. The number of ether oxygens (including phenoxy) is 2. The Kier molecular flexibility index (Phi) is 3.31. The Bertz CT molecular complexity index is 294. The van der Waals surface area contributed by atoms with Gasteiger partial charge >= 0.3 is 0 Å². The molecule has 2 nitrogen and oxygen atoms in total. The summed E-state index contributed by atoms with van der Waals surface area (Å²) >= 11 is 6.90. The standard InChI is InChI=1S/C8H9BrO2S2/c1-12-6-5(9)4-13-7(6)8-10-2-3-11-8/h4,8H,2-3H2,1H3.